The zero-order valence-electron chi connectivity index (χ0n) is 17.0. The predicted molar refractivity (Wildman–Crippen MR) is 118 cm³/mol. The molecule has 0 fully saturated rings. The van der Waals surface area contributed by atoms with Gasteiger partial charge in [-0.25, -0.2) is 0 Å². The molecule has 0 saturated carbocycles. The van der Waals surface area contributed by atoms with Crippen molar-refractivity contribution >= 4 is 34.1 Å². The van der Waals surface area contributed by atoms with Crippen molar-refractivity contribution in [2.75, 3.05) is 13.7 Å². The van der Waals surface area contributed by atoms with Crippen LogP contribution in [0.15, 0.2) is 59.2 Å². The molecule has 0 saturated heterocycles. The van der Waals surface area contributed by atoms with Crippen molar-refractivity contribution in [3.05, 3.63) is 92.5 Å². The van der Waals surface area contributed by atoms with Gasteiger partial charge >= 0.3 is 0 Å². The van der Waals surface area contributed by atoms with Crippen LogP contribution in [-0.4, -0.2) is 34.4 Å². The summed E-state index contributed by atoms with van der Waals surface area (Å²) in [5.41, 5.74) is 3.12. The normalized spacial score (nSPS) is 15.6. The van der Waals surface area contributed by atoms with Crippen molar-refractivity contribution in [1.82, 2.24) is 9.88 Å². The molecule has 5 rings (SSSR count). The first-order chi connectivity index (χ1) is 15.5. The summed E-state index contributed by atoms with van der Waals surface area (Å²) in [5.74, 6) is 0.645. The van der Waals surface area contributed by atoms with Gasteiger partial charge in [0.25, 0.3) is 11.6 Å². The first-order valence-corrected chi connectivity index (χ1v) is 10.3. The topological polar surface area (TPSA) is 102 Å². The second-order valence-electron chi connectivity index (χ2n) is 7.53. The zero-order valence-corrected chi connectivity index (χ0v) is 17.8. The fourth-order valence-corrected chi connectivity index (χ4v) is 4.53. The average Bonchev–Trinajstić information content (AvgIpc) is 3.46. The molecule has 8 nitrogen and oxygen atoms in total. The number of aromatic nitrogens is 1. The summed E-state index contributed by atoms with van der Waals surface area (Å²) in [6.07, 6.45) is 2.06. The van der Waals surface area contributed by atoms with Crippen molar-refractivity contribution < 1.29 is 18.9 Å². The van der Waals surface area contributed by atoms with Gasteiger partial charge in [0.15, 0.2) is 5.76 Å². The van der Waals surface area contributed by atoms with E-state index in [4.69, 9.17) is 20.8 Å². The zero-order chi connectivity index (χ0) is 22.4. The number of hydrogen-bond donors (Lipinski definition) is 1. The minimum absolute atomic E-state index is 0.0417. The average molecular weight is 452 g/mol. The molecule has 0 aliphatic carbocycles. The number of rotatable bonds is 4. The second kappa shape index (κ2) is 7.72. The molecule has 1 atom stereocenters. The van der Waals surface area contributed by atoms with Gasteiger partial charge in [-0.05, 0) is 53.9 Å². The van der Waals surface area contributed by atoms with Gasteiger partial charge in [-0.1, -0.05) is 17.7 Å². The van der Waals surface area contributed by atoms with Gasteiger partial charge in [-0.3, -0.25) is 14.9 Å². The number of nitrogens with zero attached hydrogens (tertiary/aromatic N) is 2. The van der Waals surface area contributed by atoms with Gasteiger partial charge in [0.1, 0.15) is 10.8 Å². The van der Waals surface area contributed by atoms with E-state index in [2.05, 4.69) is 4.98 Å². The Kier molecular flexibility index (Phi) is 4.86. The molecule has 32 heavy (non-hydrogen) atoms. The number of aromatic amines is 1. The Balaban J connectivity index is 1.71. The number of furan rings is 1. The third-order valence-corrected chi connectivity index (χ3v) is 6.13. The number of benzene rings is 2. The Morgan fingerprint density at radius 3 is 2.84 bits per heavy atom. The SMILES string of the molecule is COc1ccc2[nH]c3c(c2c1)CCN(C(=O)c1ccco1)[C@@H]3c1ccc(Cl)c([N+](=O)[O-])c1. The van der Waals surface area contributed by atoms with Crippen molar-refractivity contribution in [1.29, 1.82) is 0 Å². The Morgan fingerprint density at radius 2 is 2.12 bits per heavy atom. The van der Waals surface area contributed by atoms with Crippen molar-refractivity contribution in [3.8, 4) is 5.75 Å². The molecule has 1 aliphatic rings. The van der Waals surface area contributed by atoms with Crippen molar-refractivity contribution in [3.63, 3.8) is 0 Å². The van der Waals surface area contributed by atoms with E-state index in [0.29, 0.717) is 18.5 Å². The molecule has 0 bridgehead atoms. The van der Waals surface area contributed by atoms with Gasteiger partial charge < -0.3 is 19.0 Å². The van der Waals surface area contributed by atoms with Gasteiger partial charge in [0, 0.05) is 29.2 Å². The third-order valence-electron chi connectivity index (χ3n) is 5.81. The lowest BCUT2D eigenvalue weighted by Gasteiger charge is -2.35. The summed E-state index contributed by atoms with van der Waals surface area (Å²) < 4.78 is 10.7. The molecule has 4 aromatic rings. The van der Waals surface area contributed by atoms with Crippen LogP contribution in [0.2, 0.25) is 5.02 Å². The first-order valence-electron chi connectivity index (χ1n) is 9.94. The maximum Gasteiger partial charge on any atom is 0.290 e. The van der Waals surface area contributed by atoms with Gasteiger partial charge in [0.05, 0.1) is 24.3 Å². The number of halogens is 1. The summed E-state index contributed by atoms with van der Waals surface area (Å²) in [6, 6.07) is 13.0. The van der Waals surface area contributed by atoms with Crippen LogP contribution in [0, 0.1) is 10.1 Å². The molecule has 1 N–H and O–H groups in total. The van der Waals surface area contributed by atoms with Gasteiger partial charge in [-0.15, -0.1) is 0 Å². The van der Waals surface area contributed by atoms with Gasteiger partial charge in [-0.2, -0.15) is 0 Å². The predicted octanol–water partition coefficient (Wildman–Crippen LogP) is 5.12. The van der Waals surface area contributed by atoms with Crippen LogP contribution < -0.4 is 4.74 Å². The maximum absolute atomic E-state index is 13.3. The summed E-state index contributed by atoms with van der Waals surface area (Å²) in [7, 11) is 1.61. The molecule has 2 aromatic heterocycles. The molecule has 3 heterocycles. The molecule has 1 aliphatic heterocycles. The highest BCUT2D eigenvalue weighted by molar-refractivity contribution is 6.32. The number of nitro benzene ring substituents is 1. The van der Waals surface area contributed by atoms with E-state index >= 15 is 0 Å². The fraction of sp³-hybridized carbons (Fsp3) is 0.174. The van der Waals surface area contributed by atoms with E-state index in [0.717, 1.165) is 27.9 Å². The fourth-order valence-electron chi connectivity index (χ4n) is 4.34. The highest BCUT2D eigenvalue weighted by atomic mass is 35.5. The van der Waals surface area contributed by atoms with Crippen LogP contribution >= 0.6 is 11.6 Å². The van der Waals surface area contributed by atoms with Crippen LogP contribution in [-0.2, 0) is 6.42 Å². The Labute approximate surface area is 187 Å². The maximum atomic E-state index is 13.3. The minimum Gasteiger partial charge on any atom is -0.497 e. The summed E-state index contributed by atoms with van der Waals surface area (Å²) in [4.78, 5) is 29.4. The van der Waals surface area contributed by atoms with Crippen LogP contribution in [0.25, 0.3) is 10.9 Å². The molecule has 2 aromatic carbocycles. The lowest BCUT2D eigenvalue weighted by atomic mass is 9.91. The molecular formula is C23H18ClN3O5. The number of carbonyl (C=O) groups is 1. The summed E-state index contributed by atoms with van der Waals surface area (Å²) in [5, 5.41) is 12.6. The Bertz CT molecular complexity index is 1350. The Morgan fingerprint density at radius 1 is 1.28 bits per heavy atom. The van der Waals surface area contributed by atoms with E-state index < -0.39 is 11.0 Å². The van der Waals surface area contributed by atoms with Crippen LogP contribution in [0.4, 0.5) is 5.69 Å². The number of H-pyrrole nitrogens is 1. The lowest BCUT2D eigenvalue weighted by molar-refractivity contribution is -0.384. The molecule has 1 amide bonds. The Hall–Kier alpha value is -3.78. The number of nitro groups is 1. The van der Waals surface area contributed by atoms with Crippen molar-refractivity contribution in [2.24, 2.45) is 0 Å². The number of amides is 1. The standard InChI is InChI=1S/C23H18ClN3O5/c1-31-14-5-7-18-16(12-14)15-8-9-26(23(28)20-3-2-10-32-20)22(21(15)25-18)13-4-6-17(24)19(11-13)27(29)30/h2-7,10-12,22,25H,8-9H2,1H3/t22-/m1/s1. The number of hydrogen-bond acceptors (Lipinski definition) is 5. The van der Waals surface area contributed by atoms with Crippen LogP contribution in [0.1, 0.15) is 33.4 Å². The number of fused-ring (bicyclic) bond motifs is 3. The molecule has 0 spiro atoms. The van der Waals surface area contributed by atoms with E-state index in [1.807, 2.05) is 18.2 Å². The largest absolute Gasteiger partial charge is 0.497 e. The van der Waals surface area contributed by atoms with E-state index in [9.17, 15) is 14.9 Å². The number of carbonyl (C=O) groups excluding carboxylic acids is 1. The van der Waals surface area contributed by atoms with Crippen molar-refractivity contribution in [2.45, 2.75) is 12.5 Å². The number of ether oxygens (including phenoxy) is 1. The molecule has 0 radical (unpaired) electrons. The molecular weight excluding hydrogens is 434 g/mol. The van der Waals surface area contributed by atoms with Crippen LogP contribution in [0.3, 0.4) is 0 Å². The highest BCUT2D eigenvalue weighted by Crippen LogP contribution is 2.41. The third kappa shape index (κ3) is 3.20. The second-order valence-corrected chi connectivity index (χ2v) is 7.93. The van der Waals surface area contributed by atoms with Gasteiger partial charge in [0.2, 0.25) is 0 Å². The number of methoxy groups -OCH3 is 1. The van der Waals surface area contributed by atoms with Crippen LogP contribution in [0.5, 0.6) is 5.75 Å². The number of nitrogens with one attached hydrogen (secondary N) is 1. The molecule has 162 valence electrons. The first kappa shape index (κ1) is 20.1. The van der Waals surface area contributed by atoms with E-state index in [-0.39, 0.29) is 22.4 Å². The van der Waals surface area contributed by atoms with E-state index in [1.54, 1.807) is 30.2 Å². The highest BCUT2D eigenvalue weighted by Gasteiger charge is 2.36. The monoisotopic (exact) mass is 451 g/mol. The van der Waals surface area contributed by atoms with E-state index in [1.165, 1.54) is 18.4 Å². The lowest BCUT2D eigenvalue weighted by Crippen LogP contribution is -2.40. The smallest absolute Gasteiger partial charge is 0.290 e. The molecule has 9 heteroatoms. The minimum atomic E-state index is -0.578. The quantitative estimate of drug-likeness (QED) is 0.343. The molecule has 0 unspecified atom stereocenters. The summed E-state index contributed by atoms with van der Waals surface area (Å²) in [6.45, 7) is 0.414. The summed E-state index contributed by atoms with van der Waals surface area (Å²) >= 11 is 6.05.